The Kier molecular flexibility index (Phi) is 2.80. The molecule has 0 radical (unpaired) electrons. The van der Waals surface area contributed by atoms with Crippen molar-refractivity contribution in [3.63, 3.8) is 0 Å². The summed E-state index contributed by atoms with van der Waals surface area (Å²) in [7, 11) is 0. The summed E-state index contributed by atoms with van der Waals surface area (Å²) in [6, 6.07) is 0. The molecular weight excluding hydrogens is 286 g/mol. The normalized spacial score (nSPS) is 22.1. The van der Waals surface area contributed by atoms with Gasteiger partial charge in [-0.1, -0.05) is 5.16 Å². The van der Waals surface area contributed by atoms with Gasteiger partial charge in [0.2, 0.25) is 11.7 Å². The SMILES string of the molecule is CC1Cc2c(c(O)c3c(c2-c2noc(CN)n2)OC(C)C3)O1. The maximum absolute atomic E-state index is 10.5. The molecule has 2 atom stereocenters. The molecule has 3 N–H and O–H groups in total. The lowest BCUT2D eigenvalue weighted by Crippen LogP contribution is -2.07. The minimum Gasteiger partial charge on any atom is -0.504 e. The summed E-state index contributed by atoms with van der Waals surface area (Å²) < 4.78 is 16.8. The quantitative estimate of drug-likeness (QED) is 0.867. The van der Waals surface area contributed by atoms with Gasteiger partial charge in [-0.15, -0.1) is 0 Å². The van der Waals surface area contributed by atoms with Crippen LogP contribution in [0.1, 0.15) is 30.9 Å². The van der Waals surface area contributed by atoms with Gasteiger partial charge in [-0.3, -0.25) is 0 Å². The van der Waals surface area contributed by atoms with Crippen molar-refractivity contribution in [2.24, 2.45) is 5.73 Å². The molecule has 0 bridgehead atoms. The number of hydrogen-bond acceptors (Lipinski definition) is 7. The highest BCUT2D eigenvalue weighted by Crippen LogP contribution is 2.53. The van der Waals surface area contributed by atoms with Crippen LogP contribution >= 0.6 is 0 Å². The van der Waals surface area contributed by atoms with Crippen LogP contribution in [0.5, 0.6) is 17.2 Å². The Labute approximate surface area is 127 Å². The molecule has 1 aromatic carbocycles. The summed E-state index contributed by atoms with van der Waals surface area (Å²) in [4.78, 5) is 4.31. The van der Waals surface area contributed by atoms with Crippen LogP contribution in [0, 0.1) is 0 Å². The molecule has 7 heteroatoms. The Bertz CT molecular complexity index is 716. The summed E-state index contributed by atoms with van der Waals surface area (Å²) in [6.45, 7) is 4.10. The molecule has 116 valence electrons. The second-order valence-electron chi connectivity index (χ2n) is 5.82. The fraction of sp³-hybridized carbons (Fsp3) is 0.467. The third-order valence-electron chi connectivity index (χ3n) is 4.07. The molecule has 0 saturated carbocycles. The largest absolute Gasteiger partial charge is 0.504 e. The number of rotatable bonds is 2. The van der Waals surface area contributed by atoms with E-state index in [2.05, 4.69) is 10.1 Å². The Morgan fingerprint density at radius 2 is 1.82 bits per heavy atom. The van der Waals surface area contributed by atoms with Gasteiger partial charge in [-0.05, 0) is 13.8 Å². The first-order valence-electron chi connectivity index (χ1n) is 7.35. The van der Waals surface area contributed by atoms with Crippen molar-refractivity contribution in [2.45, 2.75) is 45.4 Å². The van der Waals surface area contributed by atoms with Crippen LogP contribution in [-0.4, -0.2) is 27.5 Å². The molecule has 22 heavy (non-hydrogen) atoms. The van der Waals surface area contributed by atoms with Gasteiger partial charge >= 0.3 is 0 Å². The predicted octanol–water partition coefficient (Wildman–Crippen LogP) is 1.55. The van der Waals surface area contributed by atoms with Gasteiger partial charge in [0.25, 0.3) is 0 Å². The van der Waals surface area contributed by atoms with E-state index in [0.29, 0.717) is 36.1 Å². The van der Waals surface area contributed by atoms with E-state index in [9.17, 15) is 5.11 Å². The molecule has 3 heterocycles. The first-order chi connectivity index (χ1) is 10.6. The number of aromatic nitrogens is 2. The second kappa shape index (κ2) is 4.61. The predicted molar refractivity (Wildman–Crippen MR) is 76.9 cm³/mol. The minimum atomic E-state index is -0.0134. The number of benzene rings is 1. The fourth-order valence-corrected chi connectivity index (χ4v) is 3.17. The smallest absolute Gasteiger partial charge is 0.240 e. The van der Waals surface area contributed by atoms with Crippen molar-refractivity contribution in [1.29, 1.82) is 0 Å². The first kappa shape index (κ1) is 13.4. The maximum atomic E-state index is 10.5. The highest BCUT2D eigenvalue weighted by Gasteiger charge is 2.37. The lowest BCUT2D eigenvalue weighted by molar-refractivity contribution is 0.244. The zero-order valence-electron chi connectivity index (χ0n) is 12.4. The fourth-order valence-electron chi connectivity index (χ4n) is 3.17. The van der Waals surface area contributed by atoms with Crippen molar-refractivity contribution in [1.82, 2.24) is 10.1 Å². The van der Waals surface area contributed by atoms with E-state index in [-0.39, 0.29) is 24.5 Å². The number of ether oxygens (including phenoxy) is 2. The number of nitrogens with zero attached hydrogens (tertiary/aromatic N) is 2. The van der Waals surface area contributed by atoms with E-state index in [1.165, 1.54) is 0 Å². The lowest BCUT2D eigenvalue weighted by Gasteiger charge is -2.12. The molecule has 0 fully saturated rings. The maximum Gasteiger partial charge on any atom is 0.240 e. The third kappa shape index (κ3) is 1.78. The third-order valence-corrected chi connectivity index (χ3v) is 4.07. The first-order valence-corrected chi connectivity index (χ1v) is 7.35. The number of aromatic hydroxyl groups is 1. The summed E-state index contributed by atoms with van der Waals surface area (Å²) in [5.41, 5.74) is 7.90. The van der Waals surface area contributed by atoms with E-state index in [4.69, 9.17) is 19.7 Å². The van der Waals surface area contributed by atoms with E-state index in [0.717, 1.165) is 16.7 Å². The van der Waals surface area contributed by atoms with E-state index in [1.807, 2.05) is 13.8 Å². The van der Waals surface area contributed by atoms with Gasteiger partial charge in [0.1, 0.15) is 18.0 Å². The topological polar surface area (TPSA) is 104 Å². The van der Waals surface area contributed by atoms with Gasteiger partial charge in [0, 0.05) is 24.0 Å². The average molecular weight is 303 g/mol. The minimum absolute atomic E-state index is 0.0134. The van der Waals surface area contributed by atoms with Gasteiger partial charge in [-0.25, -0.2) is 0 Å². The molecule has 1 aromatic heterocycles. The summed E-state index contributed by atoms with van der Waals surface area (Å²) in [5.74, 6) is 2.11. The van der Waals surface area contributed by atoms with Crippen LogP contribution in [0.3, 0.4) is 0 Å². The molecule has 0 spiro atoms. The van der Waals surface area contributed by atoms with Crippen molar-refractivity contribution >= 4 is 0 Å². The van der Waals surface area contributed by atoms with Crippen LogP contribution in [0.25, 0.3) is 11.4 Å². The highest BCUT2D eigenvalue weighted by molar-refractivity contribution is 5.79. The van der Waals surface area contributed by atoms with Gasteiger partial charge in [-0.2, -0.15) is 4.98 Å². The van der Waals surface area contributed by atoms with E-state index >= 15 is 0 Å². The summed E-state index contributed by atoms with van der Waals surface area (Å²) in [5, 5.41) is 14.5. The molecule has 2 aliphatic heterocycles. The monoisotopic (exact) mass is 303 g/mol. The molecule has 2 unspecified atom stereocenters. The highest BCUT2D eigenvalue weighted by atomic mass is 16.5. The number of phenolic OH excluding ortho intramolecular Hbond substituents is 1. The molecule has 0 saturated heterocycles. The van der Waals surface area contributed by atoms with E-state index < -0.39 is 0 Å². The standard InChI is InChI=1S/C15H17N3O4/c1-6-3-8-11(15-17-10(5-16)22-18-15)13-9(4-7(2)20-13)12(19)14(8)21-6/h6-7,19H,3-5,16H2,1-2H3. The van der Waals surface area contributed by atoms with Crippen molar-refractivity contribution in [3.05, 3.63) is 17.0 Å². The van der Waals surface area contributed by atoms with Crippen LogP contribution < -0.4 is 15.2 Å². The number of fused-ring (bicyclic) bond motifs is 2. The summed E-state index contributed by atoms with van der Waals surface area (Å²) in [6.07, 6.45) is 1.26. The van der Waals surface area contributed by atoms with Crippen molar-refractivity contribution in [2.75, 3.05) is 0 Å². The Hall–Kier alpha value is -2.28. The molecule has 0 amide bonds. The molecule has 2 aromatic rings. The van der Waals surface area contributed by atoms with Gasteiger partial charge < -0.3 is 24.8 Å². The van der Waals surface area contributed by atoms with Crippen LogP contribution in [0.2, 0.25) is 0 Å². The molecule has 2 aliphatic rings. The van der Waals surface area contributed by atoms with Crippen molar-refractivity contribution < 1.29 is 19.1 Å². The summed E-state index contributed by atoms with van der Waals surface area (Å²) >= 11 is 0. The number of hydrogen-bond donors (Lipinski definition) is 2. The molecular formula is C15H17N3O4. The molecule has 7 nitrogen and oxygen atoms in total. The zero-order chi connectivity index (χ0) is 15.4. The van der Waals surface area contributed by atoms with Crippen LogP contribution in [-0.2, 0) is 19.4 Å². The lowest BCUT2D eigenvalue weighted by atomic mass is 9.96. The Morgan fingerprint density at radius 3 is 2.50 bits per heavy atom. The zero-order valence-corrected chi connectivity index (χ0v) is 12.4. The Balaban J connectivity index is 1.97. The van der Waals surface area contributed by atoms with Crippen LogP contribution in [0.4, 0.5) is 0 Å². The van der Waals surface area contributed by atoms with Crippen molar-refractivity contribution in [3.8, 4) is 28.6 Å². The Morgan fingerprint density at radius 1 is 1.14 bits per heavy atom. The average Bonchev–Trinajstić information content (AvgIpc) is 3.17. The van der Waals surface area contributed by atoms with E-state index in [1.54, 1.807) is 0 Å². The van der Waals surface area contributed by atoms with Gasteiger partial charge in [0.15, 0.2) is 11.5 Å². The van der Waals surface area contributed by atoms with Crippen LogP contribution in [0.15, 0.2) is 4.52 Å². The molecule has 0 aliphatic carbocycles. The molecule has 4 rings (SSSR count). The number of nitrogens with two attached hydrogens (primary N) is 1. The second-order valence-corrected chi connectivity index (χ2v) is 5.82. The van der Waals surface area contributed by atoms with Gasteiger partial charge in [0.05, 0.1) is 12.1 Å². The number of phenols is 1.